The van der Waals surface area contributed by atoms with Gasteiger partial charge < -0.3 is 9.84 Å². The van der Waals surface area contributed by atoms with Crippen LogP contribution < -0.4 is 10.2 Å². The molecule has 0 saturated carbocycles. The number of hydrazone groups is 1. The standard InChI is InChI=1S/C22H24N4O3/c1-14(2)11-15-7-9-16(10-8-15)18-12-19(25-24-18)22(28)26-23-13-17-5-4-6-20(29-3)21(17)27/h4-10,12-14,27H,11H2,1-3H3,(H,24,25)(H,26,28)/b23-13+. The Kier molecular flexibility index (Phi) is 6.29. The lowest BCUT2D eigenvalue weighted by molar-refractivity contribution is 0.0950. The van der Waals surface area contributed by atoms with Gasteiger partial charge in [-0.2, -0.15) is 10.2 Å². The zero-order valence-electron chi connectivity index (χ0n) is 16.6. The average Bonchev–Trinajstić information content (AvgIpc) is 3.20. The quantitative estimate of drug-likeness (QED) is 0.421. The third-order valence-electron chi connectivity index (χ3n) is 4.34. The molecule has 0 unspecified atom stereocenters. The van der Waals surface area contributed by atoms with E-state index in [1.54, 1.807) is 24.3 Å². The minimum Gasteiger partial charge on any atom is -0.504 e. The summed E-state index contributed by atoms with van der Waals surface area (Å²) in [6.45, 7) is 4.37. The van der Waals surface area contributed by atoms with E-state index in [4.69, 9.17) is 4.74 Å². The number of phenolic OH excluding ortho intramolecular Hbond substituents is 1. The first-order valence-electron chi connectivity index (χ1n) is 9.32. The molecule has 0 aliphatic rings. The molecule has 3 N–H and O–H groups in total. The highest BCUT2D eigenvalue weighted by molar-refractivity contribution is 5.94. The number of nitrogens with one attached hydrogen (secondary N) is 2. The lowest BCUT2D eigenvalue weighted by Gasteiger charge is -2.05. The second-order valence-electron chi connectivity index (χ2n) is 7.06. The topological polar surface area (TPSA) is 99.6 Å². The molecule has 2 aromatic carbocycles. The zero-order valence-corrected chi connectivity index (χ0v) is 16.6. The molecule has 0 radical (unpaired) electrons. The van der Waals surface area contributed by atoms with E-state index in [9.17, 15) is 9.90 Å². The number of nitrogens with zero attached hydrogens (tertiary/aromatic N) is 2. The molecule has 150 valence electrons. The predicted molar refractivity (Wildman–Crippen MR) is 112 cm³/mol. The van der Waals surface area contributed by atoms with Crippen LogP contribution in [-0.4, -0.2) is 34.5 Å². The smallest absolute Gasteiger partial charge is 0.289 e. The zero-order chi connectivity index (χ0) is 20.8. The first kappa shape index (κ1) is 20.1. The molecular weight excluding hydrogens is 368 g/mol. The SMILES string of the molecule is COc1cccc(/C=N/NC(=O)c2cc(-c3ccc(CC(C)C)cc3)n[nH]2)c1O. The summed E-state index contributed by atoms with van der Waals surface area (Å²) >= 11 is 0. The number of para-hydroxylation sites is 1. The minimum absolute atomic E-state index is 0.0438. The number of ether oxygens (including phenoxy) is 1. The molecular formula is C22H24N4O3. The highest BCUT2D eigenvalue weighted by Crippen LogP contribution is 2.28. The number of amides is 1. The van der Waals surface area contributed by atoms with Crippen LogP contribution in [0.5, 0.6) is 11.5 Å². The van der Waals surface area contributed by atoms with Crippen molar-refractivity contribution in [1.82, 2.24) is 15.6 Å². The molecule has 7 nitrogen and oxygen atoms in total. The van der Waals surface area contributed by atoms with Gasteiger partial charge in [-0.25, -0.2) is 5.43 Å². The Morgan fingerprint density at radius 2 is 2.03 bits per heavy atom. The third-order valence-corrected chi connectivity index (χ3v) is 4.34. The Bertz CT molecular complexity index is 1010. The summed E-state index contributed by atoms with van der Waals surface area (Å²) in [7, 11) is 1.46. The van der Waals surface area contributed by atoms with Crippen LogP contribution in [0.4, 0.5) is 0 Å². The number of H-pyrrole nitrogens is 1. The van der Waals surface area contributed by atoms with Crippen molar-refractivity contribution >= 4 is 12.1 Å². The molecule has 3 aromatic rings. The van der Waals surface area contributed by atoms with Gasteiger partial charge in [-0.15, -0.1) is 0 Å². The number of benzene rings is 2. The number of phenols is 1. The number of aromatic amines is 1. The first-order chi connectivity index (χ1) is 14.0. The van der Waals surface area contributed by atoms with Crippen LogP contribution in [0, 0.1) is 5.92 Å². The molecule has 1 aromatic heterocycles. The number of hydrogen-bond acceptors (Lipinski definition) is 5. The number of aromatic hydroxyl groups is 1. The van der Waals surface area contributed by atoms with E-state index in [-0.39, 0.29) is 5.75 Å². The number of carbonyl (C=O) groups excluding carboxylic acids is 1. The van der Waals surface area contributed by atoms with Gasteiger partial charge in [-0.05, 0) is 36.1 Å². The Labute approximate surface area is 169 Å². The van der Waals surface area contributed by atoms with Crippen molar-refractivity contribution in [3.05, 3.63) is 65.4 Å². The van der Waals surface area contributed by atoms with Gasteiger partial charge in [0.1, 0.15) is 5.69 Å². The number of hydrogen-bond donors (Lipinski definition) is 3. The van der Waals surface area contributed by atoms with Crippen molar-refractivity contribution in [2.75, 3.05) is 7.11 Å². The van der Waals surface area contributed by atoms with Crippen LogP contribution in [0.1, 0.15) is 35.5 Å². The van der Waals surface area contributed by atoms with E-state index in [0.717, 1.165) is 12.0 Å². The number of carbonyl (C=O) groups is 1. The molecule has 29 heavy (non-hydrogen) atoms. The van der Waals surface area contributed by atoms with Gasteiger partial charge in [0, 0.05) is 11.1 Å². The predicted octanol–water partition coefficient (Wildman–Crippen LogP) is 3.75. The number of rotatable bonds is 7. The van der Waals surface area contributed by atoms with E-state index in [1.807, 2.05) is 12.1 Å². The Morgan fingerprint density at radius 3 is 2.72 bits per heavy atom. The molecule has 3 rings (SSSR count). The van der Waals surface area contributed by atoms with Gasteiger partial charge in [-0.3, -0.25) is 9.89 Å². The summed E-state index contributed by atoms with van der Waals surface area (Å²) in [6, 6.07) is 14.8. The summed E-state index contributed by atoms with van der Waals surface area (Å²) < 4.78 is 5.04. The summed E-state index contributed by atoms with van der Waals surface area (Å²) in [5.41, 5.74) is 6.01. The van der Waals surface area contributed by atoms with Crippen LogP contribution in [0.2, 0.25) is 0 Å². The maximum Gasteiger partial charge on any atom is 0.289 e. The molecule has 0 spiro atoms. The van der Waals surface area contributed by atoms with Crippen LogP contribution >= 0.6 is 0 Å². The number of methoxy groups -OCH3 is 1. The highest BCUT2D eigenvalue weighted by Gasteiger charge is 2.11. The van der Waals surface area contributed by atoms with Gasteiger partial charge in [0.15, 0.2) is 11.5 Å². The van der Waals surface area contributed by atoms with Gasteiger partial charge in [0.25, 0.3) is 5.91 Å². The van der Waals surface area contributed by atoms with Gasteiger partial charge >= 0.3 is 0 Å². The van der Waals surface area contributed by atoms with Crippen molar-refractivity contribution in [3.63, 3.8) is 0 Å². The molecule has 0 saturated heterocycles. The lowest BCUT2D eigenvalue weighted by Crippen LogP contribution is -2.18. The highest BCUT2D eigenvalue weighted by atomic mass is 16.5. The molecule has 1 heterocycles. The van der Waals surface area contributed by atoms with E-state index in [2.05, 4.69) is 46.7 Å². The summed E-state index contributed by atoms with van der Waals surface area (Å²) in [6.07, 6.45) is 2.37. The van der Waals surface area contributed by atoms with Crippen LogP contribution in [0.3, 0.4) is 0 Å². The average molecular weight is 392 g/mol. The molecule has 0 atom stereocenters. The Balaban J connectivity index is 1.65. The van der Waals surface area contributed by atoms with Gasteiger partial charge in [0.2, 0.25) is 0 Å². The van der Waals surface area contributed by atoms with E-state index >= 15 is 0 Å². The normalized spacial score (nSPS) is 11.2. The van der Waals surface area contributed by atoms with Crippen LogP contribution in [0.25, 0.3) is 11.3 Å². The Hall–Kier alpha value is -3.61. The van der Waals surface area contributed by atoms with Gasteiger partial charge in [0.05, 0.1) is 19.0 Å². The third kappa shape index (κ3) is 5.01. The fraction of sp³-hybridized carbons (Fsp3) is 0.227. The fourth-order valence-corrected chi connectivity index (χ4v) is 2.90. The minimum atomic E-state index is -0.432. The molecule has 0 fully saturated rings. The molecule has 0 bridgehead atoms. The largest absolute Gasteiger partial charge is 0.504 e. The lowest BCUT2D eigenvalue weighted by atomic mass is 10.0. The molecule has 7 heteroatoms. The molecule has 0 aliphatic carbocycles. The van der Waals surface area contributed by atoms with Crippen molar-refractivity contribution in [2.45, 2.75) is 20.3 Å². The van der Waals surface area contributed by atoms with Crippen molar-refractivity contribution in [3.8, 4) is 22.8 Å². The summed E-state index contributed by atoms with van der Waals surface area (Å²) in [5.74, 6) is 0.454. The van der Waals surface area contributed by atoms with E-state index in [1.165, 1.54) is 18.9 Å². The second kappa shape index (κ2) is 9.05. The van der Waals surface area contributed by atoms with Crippen molar-refractivity contribution in [1.29, 1.82) is 0 Å². The monoisotopic (exact) mass is 392 g/mol. The van der Waals surface area contributed by atoms with E-state index < -0.39 is 5.91 Å². The van der Waals surface area contributed by atoms with Crippen molar-refractivity contribution in [2.24, 2.45) is 11.0 Å². The van der Waals surface area contributed by atoms with Crippen LogP contribution in [-0.2, 0) is 6.42 Å². The number of aromatic nitrogens is 2. The van der Waals surface area contributed by atoms with E-state index in [0.29, 0.717) is 28.6 Å². The molecule has 0 aliphatic heterocycles. The molecule has 1 amide bonds. The first-order valence-corrected chi connectivity index (χ1v) is 9.32. The summed E-state index contributed by atoms with van der Waals surface area (Å²) in [5, 5.41) is 20.8. The Morgan fingerprint density at radius 1 is 1.28 bits per heavy atom. The fourth-order valence-electron chi connectivity index (χ4n) is 2.90. The summed E-state index contributed by atoms with van der Waals surface area (Å²) in [4.78, 5) is 12.3. The maximum atomic E-state index is 12.3. The van der Waals surface area contributed by atoms with Gasteiger partial charge in [-0.1, -0.05) is 44.2 Å². The van der Waals surface area contributed by atoms with Crippen LogP contribution in [0.15, 0.2) is 53.6 Å². The van der Waals surface area contributed by atoms with Crippen molar-refractivity contribution < 1.29 is 14.6 Å². The maximum absolute atomic E-state index is 12.3. The second-order valence-corrected chi connectivity index (χ2v) is 7.06.